The fourth-order valence-corrected chi connectivity index (χ4v) is 2.96. The number of nitrogens with zero attached hydrogens (tertiary/aromatic N) is 1. The number of thioether (sulfide) groups is 1. The lowest BCUT2D eigenvalue weighted by Crippen LogP contribution is -2.22. The van der Waals surface area contributed by atoms with Crippen LogP contribution in [-0.2, 0) is 6.54 Å². The summed E-state index contributed by atoms with van der Waals surface area (Å²) in [5.41, 5.74) is 3.43. The maximum atomic E-state index is 12.5. The van der Waals surface area contributed by atoms with E-state index in [1.54, 1.807) is 31.3 Å². The lowest BCUT2D eigenvalue weighted by Gasteiger charge is -2.08. The third kappa shape index (κ3) is 4.43. The van der Waals surface area contributed by atoms with E-state index < -0.39 is 0 Å². The molecule has 4 nitrogen and oxygen atoms in total. The third-order valence-electron chi connectivity index (χ3n) is 4.02. The molecule has 5 heteroatoms. The van der Waals surface area contributed by atoms with Crippen LogP contribution < -0.4 is 10.1 Å². The van der Waals surface area contributed by atoms with E-state index in [0.29, 0.717) is 12.1 Å². The summed E-state index contributed by atoms with van der Waals surface area (Å²) in [5.74, 6) is 0.627. The molecule has 0 radical (unpaired) electrons. The predicted octanol–water partition coefficient (Wildman–Crippen LogP) is 4.41. The number of carbonyl (C=O) groups excluding carboxylic acids is 1. The van der Waals surface area contributed by atoms with Crippen molar-refractivity contribution in [2.24, 2.45) is 0 Å². The molecule has 0 saturated heterocycles. The highest BCUT2D eigenvalue weighted by molar-refractivity contribution is 7.98. The largest absolute Gasteiger partial charge is 0.497 e. The molecule has 0 bridgehead atoms. The maximum absolute atomic E-state index is 12.5. The van der Waals surface area contributed by atoms with Gasteiger partial charge >= 0.3 is 0 Å². The number of hydrogen-bond acceptors (Lipinski definition) is 4. The Morgan fingerprint density at radius 1 is 1.08 bits per heavy atom. The first-order valence-electron chi connectivity index (χ1n) is 8.20. The van der Waals surface area contributed by atoms with Gasteiger partial charge in [0.2, 0.25) is 0 Å². The summed E-state index contributed by atoms with van der Waals surface area (Å²) in [6, 6.07) is 17.7. The Morgan fingerprint density at radius 2 is 1.88 bits per heavy atom. The molecule has 0 aliphatic carbocycles. The van der Waals surface area contributed by atoms with Gasteiger partial charge in [-0.1, -0.05) is 24.3 Å². The number of benzene rings is 2. The second-order valence-corrected chi connectivity index (χ2v) is 6.60. The zero-order valence-corrected chi connectivity index (χ0v) is 15.5. The number of hydrogen-bond donors (Lipinski definition) is 1. The molecule has 0 aliphatic rings. The lowest BCUT2D eigenvalue weighted by atomic mass is 10.1. The monoisotopic (exact) mass is 364 g/mol. The van der Waals surface area contributed by atoms with Gasteiger partial charge in [0.25, 0.3) is 5.91 Å². The van der Waals surface area contributed by atoms with Crippen molar-refractivity contribution in [1.29, 1.82) is 0 Å². The highest BCUT2D eigenvalue weighted by Crippen LogP contribution is 2.23. The van der Waals surface area contributed by atoms with Gasteiger partial charge in [0.05, 0.1) is 12.7 Å². The predicted molar refractivity (Wildman–Crippen MR) is 106 cm³/mol. The Morgan fingerprint density at radius 3 is 2.62 bits per heavy atom. The van der Waals surface area contributed by atoms with E-state index in [9.17, 15) is 4.79 Å². The van der Waals surface area contributed by atoms with Crippen LogP contribution in [0.5, 0.6) is 5.75 Å². The van der Waals surface area contributed by atoms with Gasteiger partial charge in [-0.05, 0) is 47.7 Å². The Hall–Kier alpha value is -2.79. The van der Waals surface area contributed by atoms with Gasteiger partial charge in [-0.15, -0.1) is 11.8 Å². The normalized spacial score (nSPS) is 10.4. The first kappa shape index (κ1) is 18.0. The van der Waals surface area contributed by atoms with Crippen molar-refractivity contribution in [1.82, 2.24) is 10.3 Å². The van der Waals surface area contributed by atoms with Crippen LogP contribution in [0.3, 0.4) is 0 Å². The fraction of sp³-hybridized carbons (Fsp3) is 0.143. The van der Waals surface area contributed by atoms with Crippen molar-refractivity contribution < 1.29 is 9.53 Å². The van der Waals surface area contributed by atoms with E-state index in [1.165, 1.54) is 4.90 Å². The highest BCUT2D eigenvalue weighted by Gasteiger charge is 2.08. The number of pyridine rings is 1. The summed E-state index contributed by atoms with van der Waals surface area (Å²) in [6.45, 7) is 0.483. The van der Waals surface area contributed by atoms with E-state index in [4.69, 9.17) is 4.74 Å². The average molecular weight is 364 g/mol. The molecular weight excluding hydrogens is 344 g/mol. The third-order valence-corrected chi connectivity index (χ3v) is 4.76. The van der Waals surface area contributed by atoms with Crippen LogP contribution >= 0.6 is 11.8 Å². The van der Waals surface area contributed by atoms with Gasteiger partial charge in [0.15, 0.2) is 0 Å². The van der Waals surface area contributed by atoms with Gasteiger partial charge in [-0.25, -0.2) is 0 Å². The molecule has 1 N–H and O–H groups in total. The lowest BCUT2D eigenvalue weighted by molar-refractivity contribution is 0.0950. The molecule has 1 amide bonds. The number of rotatable bonds is 6. The van der Waals surface area contributed by atoms with E-state index in [-0.39, 0.29) is 5.91 Å². The molecule has 0 aliphatic heterocycles. The second-order valence-electron chi connectivity index (χ2n) is 5.72. The Kier molecular flexibility index (Phi) is 5.92. The molecule has 0 spiro atoms. The summed E-state index contributed by atoms with van der Waals surface area (Å²) >= 11 is 1.70. The molecule has 0 saturated carbocycles. The number of carbonyl (C=O) groups is 1. The van der Waals surface area contributed by atoms with E-state index >= 15 is 0 Å². The molecule has 0 atom stereocenters. The molecule has 1 heterocycles. The van der Waals surface area contributed by atoms with Crippen LogP contribution in [0.1, 0.15) is 15.9 Å². The van der Waals surface area contributed by atoms with Crippen molar-refractivity contribution in [2.45, 2.75) is 11.4 Å². The SMILES string of the molecule is COc1cccc(-c2cncc(C(=O)NCc3ccc(SC)cc3)c2)c1. The minimum atomic E-state index is -0.142. The zero-order valence-electron chi connectivity index (χ0n) is 14.7. The van der Waals surface area contributed by atoms with Crippen molar-refractivity contribution in [3.63, 3.8) is 0 Å². The average Bonchev–Trinajstić information content (AvgIpc) is 2.72. The van der Waals surface area contributed by atoms with Gasteiger partial charge < -0.3 is 10.1 Å². The molecular formula is C21H20N2O2S. The first-order valence-corrected chi connectivity index (χ1v) is 9.42. The number of nitrogens with one attached hydrogen (secondary N) is 1. The summed E-state index contributed by atoms with van der Waals surface area (Å²) in [6.07, 6.45) is 5.36. The number of methoxy groups -OCH3 is 1. The van der Waals surface area contributed by atoms with Crippen molar-refractivity contribution in [2.75, 3.05) is 13.4 Å². The Labute approximate surface area is 157 Å². The first-order chi connectivity index (χ1) is 12.7. The fourth-order valence-electron chi connectivity index (χ4n) is 2.55. The van der Waals surface area contributed by atoms with Crippen LogP contribution in [0.2, 0.25) is 0 Å². The van der Waals surface area contributed by atoms with Gasteiger partial charge in [0.1, 0.15) is 5.75 Å². The standard InChI is InChI=1S/C21H20N2O2S/c1-25-19-5-3-4-16(11-19)17-10-18(14-22-13-17)21(24)23-12-15-6-8-20(26-2)9-7-15/h3-11,13-14H,12H2,1-2H3,(H,23,24). The summed E-state index contributed by atoms with van der Waals surface area (Å²) < 4.78 is 5.26. The van der Waals surface area contributed by atoms with Crippen LogP contribution in [-0.4, -0.2) is 24.3 Å². The smallest absolute Gasteiger partial charge is 0.253 e. The van der Waals surface area contributed by atoms with Crippen molar-refractivity contribution >= 4 is 17.7 Å². The van der Waals surface area contributed by atoms with Gasteiger partial charge in [0, 0.05) is 29.4 Å². The minimum Gasteiger partial charge on any atom is -0.497 e. The Bertz CT molecular complexity index is 895. The van der Waals surface area contributed by atoms with Crippen LogP contribution in [0.4, 0.5) is 0 Å². The maximum Gasteiger partial charge on any atom is 0.253 e. The quantitative estimate of drug-likeness (QED) is 0.658. The highest BCUT2D eigenvalue weighted by atomic mass is 32.2. The Balaban J connectivity index is 1.71. The molecule has 132 valence electrons. The minimum absolute atomic E-state index is 0.142. The number of amides is 1. The summed E-state index contributed by atoms with van der Waals surface area (Å²) in [5, 5.41) is 2.94. The number of aromatic nitrogens is 1. The van der Waals surface area contributed by atoms with Gasteiger partial charge in [-0.3, -0.25) is 9.78 Å². The molecule has 2 aromatic carbocycles. The molecule has 3 aromatic rings. The summed E-state index contributed by atoms with van der Waals surface area (Å²) in [7, 11) is 1.63. The zero-order chi connectivity index (χ0) is 18.4. The molecule has 1 aromatic heterocycles. The molecule has 3 rings (SSSR count). The van der Waals surface area contributed by atoms with E-state index in [1.807, 2.05) is 48.7 Å². The van der Waals surface area contributed by atoms with E-state index in [2.05, 4.69) is 22.4 Å². The second kappa shape index (κ2) is 8.54. The summed E-state index contributed by atoms with van der Waals surface area (Å²) in [4.78, 5) is 17.9. The van der Waals surface area contributed by atoms with Crippen LogP contribution in [0.15, 0.2) is 71.9 Å². The van der Waals surface area contributed by atoms with Crippen LogP contribution in [0.25, 0.3) is 11.1 Å². The van der Waals surface area contributed by atoms with Crippen LogP contribution in [0, 0.1) is 0 Å². The van der Waals surface area contributed by atoms with Crippen molar-refractivity contribution in [3.8, 4) is 16.9 Å². The molecule has 0 fully saturated rings. The van der Waals surface area contributed by atoms with Gasteiger partial charge in [-0.2, -0.15) is 0 Å². The topological polar surface area (TPSA) is 51.2 Å². The van der Waals surface area contributed by atoms with Crippen molar-refractivity contribution in [3.05, 3.63) is 78.1 Å². The molecule has 26 heavy (non-hydrogen) atoms. The molecule has 0 unspecified atom stereocenters. The number of ether oxygens (including phenoxy) is 1. The van der Waals surface area contributed by atoms with E-state index in [0.717, 1.165) is 22.4 Å².